The number of allylic oxidation sites excluding steroid dienone is 2. The molecule has 26 heavy (non-hydrogen) atoms. The number of ether oxygens (including phenoxy) is 1. The Labute approximate surface area is 162 Å². The molecular weight excluding hydrogens is 324 g/mol. The molecule has 0 amide bonds. The maximum Gasteiger partial charge on any atom is 0.142 e. The Balaban J connectivity index is 4.77. The molecule has 3 heteroatoms. The first kappa shape index (κ1) is 25.3. The number of ketones is 1. The average molecular weight is 369 g/mol. The number of hydrogen-bond acceptors (Lipinski definition) is 3. The van der Waals surface area contributed by atoms with Crippen molar-refractivity contribution in [1.29, 1.82) is 0 Å². The molecule has 0 radical (unpaired) electrons. The van der Waals surface area contributed by atoms with Crippen LogP contribution in [-0.4, -0.2) is 30.2 Å². The van der Waals surface area contributed by atoms with Crippen LogP contribution in [0.2, 0.25) is 0 Å². The molecule has 0 fully saturated rings. The van der Waals surface area contributed by atoms with E-state index < -0.39 is 6.10 Å². The molecule has 0 heterocycles. The van der Waals surface area contributed by atoms with Crippen molar-refractivity contribution in [2.45, 2.75) is 93.3 Å². The van der Waals surface area contributed by atoms with E-state index in [9.17, 15) is 9.90 Å². The van der Waals surface area contributed by atoms with Crippen LogP contribution in [0.5, 0.6) is 0 Å². The predicted octanol–water partition coefficient (Wildman–Crippen LogP) is 5.66. The zero-order chi connectivity index (χ0) is 20.4. The van der Waals surface area contributed by atoms with E-state index in [0.29, 0.717) is 17.8 Å². The minimum Gasteiger partial charge on any atom is -0.392 e. The van der Waals surface area contributed by atoms with Gasteiger partial charge >= 0.3 is 0 Å². The van der Waals surface area contributed by atoms with E-state index in [2.05, 4.69) is 47.6 Å². The van der Waals surface area contributed by atoms with Gasteiger partial charge in [0.2, 0.25) is 0 Å². The van der Waals surface area contributed by atoms with Crippen molar-refractivity contribution in [3.63, 3.8) is 0 Å². The zero-order valence-electron chi connectivity index (χ0n) is 18.7. The van der Waals surface area contributed by atoms with Crippen LogP contribution in [0.3, 0.4) is 0 Å². The van der Waals surface area contributed by atoms with Gasteiger partial charge in [-0.15, -0.1) is 0 Å². The Morgan fingerprint density at radius 3 is 2.04 bits per heavy atom. The van der Waals surface area contributed by atoms with Gasteiger partial charge in [0.05, 0.1) is 12.2 Å². The first-order valence-electron chi connectivity index (χ1n) is 10.4. The van der Waals surface area contributed by atoms with Gasteiger partial charge in [-0.3, -0.25) is 4.79 Å². The van der Waals surface area contributed by atoms with Crippen LogP contribution in [0, 0.1) is 29.6 Å². The van der Waals surface area contributed by atoms with Gasteiger partial charge in [-0.2, -0.15) is 0 Å². The number of aliphatic hydroxyl groups excluding tert-OH is 1. The van der Waals surface area contributed by atoms with Gasteiger partial charge in [-0.25, -0.2) is 0 Å². The smallest absolute Gasteiger partial charge is 0.142 e. The number of carbonyl (C=O) groups is 1. The van der Waals surface area contributed by atoms with Gasteiger partial charge in [-0.05, 0) is 49.9 Å². The number of aliphatic hydroxyl groups is 1. The number of hydrogen-bond donors (Lipinski definition) is 1. The summed E-state index contributed by atoms with van der Waals surface area (Å²) in [5.41, 5.74) is 1.27. The Kier molecular flexibility index (Phi) is 12.3. The minimum atomic E-state index is -0.544. The van der Waals surface area contributed by atoms with E-state index in [4.69, 9.17) is 4.74 Å². The van der Waals surface area contributed by atoms with Crippen molar-refractivity contribution in [2.75, 3.05) is 7.11 Å². The number of carbonyl (C=O) groups excluding carboxylic acids is 1. The second-order valence-electron chi connectivity index (χ2n) is 8.93. The molecule has 0 aromatic carbocycles. The third-order valence-electron chi connectivity index (χ3n) is 5.76. The third-order valence-corrected chi connectivity index (χ3v) is 5.76. The lowest BCUT2D eigenvalue weighted by molar-refractivity contribution is -0.124. The lowest BCUT2D eigenvalue weighted by Crippen LogP contribution is -2.27. The summed E-state index contributed by atoms with van der Waals surface area (Å²) < 4.78 is 5.59. The minimum absolute atomic E-state index is 0.0838. The number of Topliss-reactive ketones (excluding diaryl/α,β-unsaturated/α-hetero) is 1. The van der Waals surface area contributed by atoms with E-state index in [1.54, 1.807) is 7.11 Å². The van der Waals surface area contributed by atoms with Crippen LogP contribution in [-0.2, 0) is 9.53 Å². The SMILES string of the molecule is CC[C@H](/C=C(\C)C[C@H](C)C[C@H](OC)C(C)C)C(=O)C[C@H](O)[C@@H](C)C(C)C. The fraction of sp³-hybridized carbons (Fsp3) is 0.870. The summed E-state index contributed by atoms with van der Waals surface area (Å²) in [4.78, 5) is 12.6. The second kappa shape index (κ2) is 12.7. The largest absolute Gasteiger partial charge is 0.392 e. The molecule has 0 unspecified atom stereocenters. The van der Waals surface area contributed by atoms with Crippen molar-refractivity contribution in [3.05, 3.63) is 11.6 Å². The summed E-state index contributed by atoms with van der Waals surface area (Å²) in [6.45, 7) is 17.0. The van der Waals surface area contributed by atoms with Crippen LogP contribution in [0.25, 0.3) is 0 Å². The van der Waals surface area contributed by atoms with E-state index >= 15 is 0 Å². The van der Waals surface area contributed by atoms with Gasteiger partial charge in [0.15, 0.2) is 0 Å². The van der Waals surface area contributed by atoms with Crippen molar-refractivity contribution in [1.82, 2.24) is 0 Å². The topological polar surface area (TPSA) is 46.5 Å². The Morgan fingerprint density at radius 2 is 1.62 bits per heavy atom. The fourth-order valence-corrected chi connectivity index (χ4v) is 3.51. The average Bonchev–Trinajstić information content (AvgIpc) is 2.55. The Morgan fingerprint density at radius 1 is 1.04 bits per heavy atom. The molecule has 5 atom stereocenters. The highest BCUT2D eigenvalue weighted by Gasteiger charge is 2.24. The molecule has 0 aromatic rings. The van der Waals surface area contributed by atoms with Crippen molar-refractivity contribution < 1.29 is 14.6 Å². The van der Waals surface area contributed by atoms with E-state index in [0.717, 1.165) is 19.3 Å². The van der Waals surface area contributed by atoms with Gasteiger partial charge in [0, 0.05) is 19.4 Å². The molecule has 0 bridgehead atoms. The predicted molar refractivity (Wildman–Crippen MR) is 111 cm³/mol. The summed E-state index contributed by atoms with van der Waals surface area (Å²) in [5.74, 6) is 1.64. The Hall–Kier alpha value is -0.670. The van der Waals surface area contributed by atoms with Crippen LogP contribution >= 0.6 is 0 Å². The number of rotatable bonds is 13. The Bertz CT molecular complexity index is 425. The van der Waals surface area contributed by atoms with Crippen LogP contribution in [0.1, 0.15) is 81.1 Å². The molecule has 0 aliphatic heterocycles. The van der Waals surface area contributed by atoms with Crippen LogP contribution < -0.4 is 0 Å². The second-order valence-corrected chi connectivity index (χ2v) is 8.93. The lowest BCUT2D eigenvalue weighted by atomic mass is 9.85. The summed E-state index contributed by atoms with van der Waals surface area (Å²) in [5, 5.41) is 10.3. The van der Waals surface area contributed by atoms with Gasteiger partial charge in [0.25, 0.3) is 0 Å². The molecule has 0 spiro atoms. The maximum absolute atomic E-state index is 12.6. The molecule has 0 rings (SSSR count). The van der Waals surface area contributed by atoms with Crippen molar-refractivity contribution >= 4 is 5.78 Å². The monoisotopic (exact) mass is 368 g/mol. The molecule has 3 nitrogen and oxygen atoms in total. The molecule has 0 saturated heterocycles. The quantitative estimate of drug-likeness (QED) is 0.427. The summed E-state index contributed by atoms with van der Waals surface area (Å²) >= 11 is 0. The summed E-state index contributed by atoms with van der Waals surface area (Å²) in [7, 11) is 1.79. The van der Waals surface area contributed by atoms with E-state index in [-0.39, 0.29) is 30.1 Å². The van der Waals surface area contributed by atoms with E-state index in [1.807, 2.05) is 13.8 Å². The number of methoxy groups -OCH3 is 1. The standard InChI is InChI=1S/C23H44O3/c1-10-20(22(25)14-21(24)19(8)15(2)3)12-17(6)11-18(7)13-23(26-9)16(4)5/h12,15-16,18-21,23-24H,10-11,13-14H2,1-9H3/b17-12+/t18-,19-,20+,21-,23-/m0/s1. The normalized spacial score (nSPS) is 18.7. The van der Waals surface area contributed by atoms with Crippen molar-refractivity contribution in [3.8, 4) is 0 Å². The van der Waals surface area contributed by atoms with Gasteiger partial charge in [0.1, 0.15) is 5.78 Å². The van der Waals surface area contributed by atoms with Crippen LogP contribution in [0.15, 0.2) is 11.6 Å². The molecule has 0 aliphatic rings. The molecular formula is C23H44O3. The van der Waals surface area contributed by atoms with Crippen molar-refractivity contribution in [2.24, 2.45) is 29.6 Å². The van der Waals surface area contributed by atoms with Gasteiger partial charge in [-0.1, -0.05) is 60.1 Å². The highest BCUT2D eigenvalue weighted by atomic mass is 16.5. The lowest BCUT2D eigenvalue weighted by Gasteiger charge is -2.24. The summed E-state index contributed by atoms with van der Waals surface area (Å²) in [6.07, 6.45) is 4.95. The molecule has 0 saturated carbocycles. The highest BCUT2D eigenvalue weighted by Crippen LogP contribution is 2.24. The molecule has 0 aromatic heterocycles. The molecule has 0 aliphatic carbocycles. The summed E-state index contributed by atoms with van der Waals surface area (Å²) in [6, 6.07) is 0. The van der Waals surface area contributed by atoms with Crippen LogP contribution in [0.4, 0.5) is 0 Å². The fourth-order valence-electron chi connectivity index (χ4n) is 3.51. The van der Waals surface area contributed by atoms with E-state index in [1.165, 1.54) is 5.57 Å². The highest BCUT2D eigenvalue weighted by molar-refractivity contribution is 5.83. The first-order chi connectivity index (χ1) is 12.0. The third kappa shape index (κ3) is 9.32. The molecule has 154 valence electrons. The zero-order valence-corrected chi connectivity index (χ0v) is 18.7. The molecule has 1 N–H and O–H groups in total. The van der Waals surface area contributed by atoms with Gasteiger partial charge < -0.3 is 9.84 Å². The maximum atomic E-state index is 12.6. The first-order valence-corrected chi connectivity index (χ1v) is 10.4.